The van der Waals surface area contributed by atoms with E-state index >= 15 is 0 Å². The summed E-state index contributed by atoms with van der Waals surface area (Å²) in [5.41, 5.74) is 0. The van der Waals surface area contributed by atoms with Crippen LogP contribution in [0.3, 0.4) is 0 Å². The van der Waals surface area contributed by atoms with Crippen LogP contribution < -0.4 is 5.32 Å². The summed E-state index contributed by atoms with van der Waals surface area (Å²) in [6, 6.07) is 0. The second kappa shape index (κ2) is 3.49. The zero-order chi connectivity index (χ0) is 8.27. The number of likely N-dealkylation sites (N-methyl/N-ethyl adjacent to an activating group) is 1. The first-order valence-electron chi connectivity index (χ1n) is 3.52. The molecular formula is C5H12N3O3+. The third-order valence-electron chi connectivity index (χ3n) is 1.60. The van der Waals surface area contributed by atoms with E-state index < -0.39 is 5.03 Å². The topological polar surface area (TPSA) is 72.2 Å². The fourth-order valence-electron chi connectivity index (χ4n) is 1.05. The van der Waals surface area contributed by atoms with E-state index in [1.807, 2.05) is 12.4 Å². The first-order valence-corrected chi connectivity index (χ1v) is 3.52. The molecule has 64 valence electrons. The number of quaternary nitrogens is 1. The first-order chi connectivity index (χ1) is 5.24. The molecule has 0 aromatic carbocycles. The van der Waals surface area contributed by atoms with Crippen LogP contribution >= 0.6 is 0 Å². The molecule has 6 heteroatoms. The summed E-state index contributed by atoms with van der Waals surface area (Å²) in [4.78, 5) is 10.2. The number of nitro groups is 1. The van der Waals surface area contributed by atoms with Crippen LogP contribution in [0.25, 0.3) is 0 Å². The Hall–Kier alpha value is -0.880. The Labute approximate surface area is 64.2 Å². The van der Waals surface area contributed by atoms with Gasteiger partial charge in [0.1, 0.15) is 19.2 Å². The number of nitrogens with zero attached hydrogens (tertiary/aromatic N) is 2. The number of hydrogen-bond donors (Lipinski definition) is 1. The molecule has 0 radical (unpaired) electrons. The third kappa shape index (κ3) is 2.02. The van der Waals surface area contributed by atoms with Gasteiger partial charge in [0.25, 0.3) is 0 Å². The summed E-state index contributed by atoms with van der Waals surface area (Å²) in [6.07, 6.45) is 0.00500. The van der Waals surface area contributed by atoms with Gasteiger partial charge in [-0.15, -0.1) is 0 Å². The normalized spacial score (nSPS) is 24.1. The SMILES string of the molecule is C[NH2+]CC1CN([N+](=O)[O-])CO1. The molecule has 1 atom stereocenters. The minimum Gasteiger partial charge on any atom is -0.346 e. The minimum absolute atomic E-state index is 0.00500. The van der Waals surface area contributed by atoms with Gasteiger partial charge in [-0.1, -0.05) is 5.01 Å². The zero-order valence-corrected chi connectivity index (χ0v) is 6.40. The molecule has 11 heavy (non-hydrogen) atoms. The Morgan fingerprint density at radius 2 is 2.64 bits per heavy atom. The molecule has 0 aliphatic carbocycles. The highest BCUT2D eigenvalue weighted by Gasteiger charge is 2.29. The van der Waals surface area contributed by atoms with E-state index in [4.69, 9.17) is 4.74 Å². The quantitative estimate of drug-likeness (QED) is 0.386. The molecule has 1 fully saturated rings. The molecule has 0 amide bonds. The molecule has 0 saturated carbocycles. The fraction of sp³-hybridized carbons (Fsp3) is 1.00. The van der Waals surface area contributed by atoms with Gasteiger partial charge < -0.3 is 10.1 Å². The highest BCUT2D eigenvalue weighted by atomic mass is 16.7. The van der Waals surface area contributed by atoms with E-state index in [2.05, 4.69) is 0 Å². The maximum atomic E-state index is 10.2. The van der Waals surface area contributed by atoms with E-state index in [9.17, 15) is 10.1 Å². The predicted octanol–water partition coefficient (Wildman–Crippen LogP) is -1.97. The van der Waals surface area contributed by atoms with Gasteiger partial charge in [-0.3, -0.25) is 0 Å². The van der Waals surface area contributed by atoms with Crippen molar-refractivity contribution in [2.45, 2.75) is 6.10 Å². The van der Waals surface area contributed by atoms with Crippen LogP contribution in [0.2, 0.25) is 0 Å². The predicted molar refractivity (Wildman–Crippen MR) is 36.2 cm³/mol. The Bertz CT molecular complexity index is 152. The maximum absolute atomic E-state index is 10.2. The lowest BCUT2D eigenvalue weighted by Gasteiger charge is -2.02. The van der Waals surface area contributed by atoms with Crippen LogP contribution in [0.5, 0.6) is 0 Å². The number of hydrazine groups is 1. The highest BCUT2D eigenvalue weighted by molar-refractivity contribution is 4.62. The summed E-state index contributed by atoms with van der Waals surface area (Å²) in [7, 11) is 1.91. The van der Waals surface area contributed by atoms with Crippen molar-refractivity contribution in [3.63, 3.8) is 0 Å². The van der Waals surface area contributed by atoms with E-state index in [1.165, 1.54) is 0 Å². The van der Waals surface area contributed by atoms with Crippen LogP contribution in [0.1, 0.15) is 0 Å². The zero-order valence-electron chi connectivity index (χ0n) is 6.40. The highest BCUT2D eigenvalue weighted by Crippen LogP contribution is 2.05. The minimum atomic E-state index is -0.421. The Kier molecular flexibility index (Phi) is 2.61. The van der Waals surface area contributed by atoms with Crippen LogP contribution in [-0.4, -0.2) is 43.0 Å². The van der Waals surface area contributed by atoms with Crippen LogP contribution in [0.15, 0.2) is 0 Å². The lowest BCUT2D eigenvalue weighted by Crippen LogP contribution is -2.82. The van der Waals surface area contributed by atoms with E-state index in [-0.39, 0.29) is 12.8 Å². The average Bonchev–Trinajstić information content (AvgIpc) is 2.37. The van der Waals surface area contributed by atoms with Crippen LogP contribution in [0, 0.1) is 10.1 Å². The van der Waals surface area contributed by atoms with Gasteiger partial charge in [-0.05, 0) is 0 Å². The average molecular weight is 162 g/mol. The Morgan fingerprint density at radius 1 is 1.91 bits per heavy atom. The molecule has 1 heterocycles. The number of ether oxygens (including phenoxy) is 1. The monoisotopic (exact) mass is 162 g/mol. The van der Waals surface area contributed by atoms with Gasteiger partial charge in [0.05, 0.1) is 7.05 Å². The number of hydrogen-bond acceptors (Lipinski definition) is 3. The third-order valence-corrected chi connectivity index (χ3v) is 1.60. The summed E-state index contributed by atoms with van der Waals surface area (Å²) in [6.45, 7) is 1.30. The molecule has 1 rings (SSSR count). The maximum Gasteiger partial charge on any atom is 0.177 e. The van der Waals surface area contributed by atoms with Crippen molar-refractivity contribution in [2.75, 3.05) is 26.9 Å². The van der Waals surface area contributed by atoms with Crippen molar-refractivity contribution in [1.29, 1.82) is 0 Å². The molecule has 2 N–H and O–H groups in total. The fourth-order valence-corrected chi connectivity index (χ4v) is 1.05. The number of rotatable bonds is 3. The van der Waals surface area contributed by atoms with Crippen molar-refractivity contribution in [2.24, 2.45) is 0 Å². The van der Waals surface area contributed by atoms with Crippen molar-refractivity contribution < 1.29 is 15.1 Å². The molecule has 0 aromatic heterocycles. The summed E-state index contributed by atoms with van der Waals surface area (Å²) in [5, 5.41) is 12.8. The molecular weight excluding hydrogens is 150 g/mol. The summed E-state index contributed by atoms with van der Waals surface area (Å²) >= 11 is 0. The van der Waals surface area contributed by atoms with Gasteiger partial charge in [0.15, 0.2) is 11.8 Å². The largest absolute Gasteiger partial charge is 0.346 e. The lowest BCUT2D eigenvalue weighted by atomic mass is 10.4. The van der Waals surface area contributed by atoms with E-state index in [1.54, 1.807) is 0 Å². The second-order valence-electron chi connectivity index (χ2n) is 2.49. The second-order valence-corrected chi connectivity index (χ2v) is 2.49. The van der Waals surface area contributed by atoms with Gasteiger partial charge in [-0.25, -0.2) is 10.1 Å². The molecule has 1 saturated heterocycles. The first kappa shape index (κ1) is 8.22. The molecule has 0 aromatic rings. The van der Waals surface area contributed by atoms with Gasteiger partial charge in [0, 0.05) is 0 Å². The smallest absolute Gasteiger partial charge is 0.177 e. The van der Waals surface area contributed by atoms with Gasteiger partial charge in [0.2, 0.25) is 0 Å². The Morgan fingerprint density at radius 3 is 3.09 bits per heavy atom. The van der Waals surface area contributed by atoms with Crippen LogP contribution in [-0.2, 0) is 4.74 Å². The number of nitrogens with two attached hydrogens (primary N) is 1. The van der Waals surface area contributed by atoms with Crippen LogP contribution in [0.4, 0.5) is 0 Å². The van der Waals surface area contributed by atoms with Crippen molar-refractivity contribution in [3.05, 3.63) is 10.1 Å². The van der Waals surface area contributed by atoms with E-state index in [0.29, 0.717) is 6.54 Å². The molecule has 0 bridgehead atoms. The molecule has 1 unspecified atom stereocenters. The van der Waals surface area contributed by atoms with Crippen molar-refractivity contribution >= 4 is 0 Å². The summed E-state index contributed by atoms with van der Waals surface area (Å²) < 4.78 is 5.12. The van der Waals surface area contributed by atoms with Gasteiger partial charge in [-0.2, -0.15) is 0 Å². The van der Waals surface area contributed by atoms with Crippen molar-refractivity contribution in [1.82, 2.24) is 5.01 Å². The Balaban J connectivity index is 2.29. The molecule has 6 nitrogen and oxygen atoms in total. The van der Waals surface area contributed by atoms with E-state index in [0.717, 1.165) is 11.6 Å². The summed E-state index contributed by atoms with van der Waals surface area (Å²) in [5.74, 6) is 0. The van der Waals surface area contributed by atoms with Crippen molar-refractivity contribution in [3.8, 4) is 0 Å². The molecule has 1 aliphatic heterocycles. The molecule has 0 spiro atoms. The van der Waals surface area contributed by atoms with Gasteiger partial charge >= 0.3 is 0 Å². The molecule has 1 aliphatic rings. The lowest BCUT2D eigenvalue weighted by molar-refractivity contribution is -0.655. The standard InChI is InChI=1S/C5H11N3O3/c1-6-2-5-3-7(4-11-5)8(9)10/h5-6H,2-4H2,1H3/p+1.